The molecule has 2 aromatic heterocycles. The van der Waals surface area contributed by atoms with Crippen LogP contribution in [0.2, 0.25) is 0 Å². The minimum absolute atomic E-state index is 0.0288. The molecule has 0 amide bonds. The fourth-order valence-electron chi connectivity index (χ4n) is 5.06. The number of benzene rings is 2. The highest BCUT2D eigenvalue weighted by molar-refractivity contribution is 5.74. The summed E-state index contributed by atoms with van der Waals surface area (Å²) in [6.07, 6.45) is 5.44. The van der Waals surface area contributed by atoms with Crippen LogP contribution in [0.3, 0.4) is 0 Å². The Morgan fingerprint density at radius 2 is 1.88 bits per heavy atom. The lowest BCUT2D eigenvalue weighted by Gasteiger charge is -2.33. The Kier molecular flexibility index (Phi) is 9.04. The highest BCUT2D eigenvalue weighted by atomic mass is 19.1. The Bertz CT molecular complexity index is 1580. The summed E-state index contributed by atoms with van der Waals surface area (Å²) >= 11 is 0. The molecule has 1 unspecified atom stereocenters. The van der Waals surface area contributed by atoms with Crippen LogP contribution in [0.1, 0.15) is 39.2 Å². The fourth-order valence-corrected chi connectivity index (χ4v) is 5.06. The number of para-hydroxylation sites is 2. The van der Waals surface area contributed by atoms with Gasteiger partial charge in [-0.25, -0.2) is 14.4 Å². The Balaban J connectivity index is 1.29. The van der Waals surface area contributed by atoms with E-state index in [1.165, 1.54) is 6.07 Å². The number of carboxylic acids is 1. The summed E-state index contributed by atoms with van der Waals surface area (Å²) in [5.74, 6) is 1.82. The average molecular weight is 586 g/mol. The quantitative estimate of drug-likeness (QED) is 0.203. The van der Waals surface area contributed by atoms with Gasteiger partial charge in [0.25, 0.3) is 0 Å². The Labute approximate surface area is 250 Å². The van der Waals surface area contributed by atoms with E-state index in [4.69, 9.17) is 14.5 Å². The van der Waals surface area contributed by atoms with Crippen molar-refractivity contribution in [3.63, 3.8) is 0 Å². The maximum absolute atomic E-state index is 14.9. The van der Waals surface area contributed by atoms with E-state index in [9.17, 15) is 14.3 Å². The normalized spacial score (nSPS) is 15.2. The van der Waals surface area contributed by atoms with E-state index >= 15 is 0 Å². The number of halogens is 1. The highest BCUT2D eigenvalue weighted by Gasteiger charge is 2.28. The Morgan fingerprint density at radius 1 is 1.07 bits per heavy atom. The number of hydrogen-bond donors (Lipinski definition) is 2. The van der Waals surface area contributed by atoms with E-state index in [0.717, 1.165) is 30.9 Å². The molecule has 9 nitrogen and oxygen atoms in total. The number of carbonyl (C=O) groups is 1. The molecule has 2 N–H and O–H groups in total. The number of piperidine rings is 1. The number of aliphatic carboxylic acids is 1. The first-order valence-electron chi connectivity index (χ1n) is 14.4. The number of anilines is 3. The molecule has 10 heteroatoms. The van der Waals surface area contributed by atoms with Gasteiger partial charge in [0, 0.05) is 12.1 Å². The molecular weight excluding hydrogens is 549 g/mol. The summed E-state index contributed by atoms with van der Waals surface area (Å²) in [4.78, 5) is 27.5. The monoisotopic (exact) mass is 585 g/mol. The third-order valence-corrected chi connectivity index (χ3v) is 7.30. The van der Waals surface area contributed by atoms with Crippen LogP contribution in [0, 0.1) is 11.2 Å². The molecule has 2 aromatic carbocycles. The van der Waals surface area contributed by atoms with E-state index in [1.54, 1.807) is 56.6 Å². The smallest absolute Gasteiger partial charge is 0.309 e. The largest absolute Gasteiger partial charge is 0.490 e. The van der Waals surface area contributed by atoms with E-state index in [2.05, 4.69) is 20.2 Å². The second kappa shape index (κ2) is 13.1. The van der Waals surface area contributed by atoms with Gasteiger partial charge in [0.2, 0.25) is 0 Å². The summed E-state index contributed by atoms with van der Waals surface area (Å²) in [5, 5.41) is 12.7. The molecule has 1 aliphatic rings. The second-order valence-corrected chi connectivity index (χ2v) is 11.2. The van der Waals surface area contributed by atoms with Gasteiger partial charge in [0.15, 0.2) is 17.3 Å². The molecule has 5 rings (SSSR count). The number of ether oxygens (including phenoxy) is 2. The van der Waals surface area contributed by atoms with Crippen molar-refractivity contribution in [1.82, 2.24) is 15.0 Å². The molecule has 1 fully saturated rings. The molecule has 0 bridgehead atoms. The van der Waals surface area contributed by atoms with E-state index in [0.29, 0.717) is 47.4 Å². The van der Waals surface area contributed by atoms with Gasteiger partial charge in [-0.2, -0.15) is 0 Å². The van der Waals surface area contributed by atoms with E-state index in [-0.39, 0.29) is 12.5 Å². The van der Waals surface area contributed by atoms with Crippen molar-refractivity contribution in [1.29, 1.82) is 0 Å². The standard InChI is InChI=1S/C33H36FN5O4/c1-4-42-27-11-5-6-12-28(27)43-23-9-8-16-39(21-23)31-20-35-19-30(38-31)37-29-13-7-10-26(36-29)24-17-22(14-15-25(24)34)18-33(2,3)32(40)41/h5-7,10-15,17,19-20,23H,4,8-9,16,18,21H2,1-3H3,(H,40,41)(H,36,37,38). The van der Waals surface area contributed by atoms with Gasteiger partial charge in [-0.1, -0.05) is 24.3 Å². The van der Waals surface area contributed by atoms with Crippen LogP contribution in [0.15, 0.2) is 73.1 Å². The molecule has 0 aliphatic carbocycles. The molecule has 43 heavy (non-hydrogen) atoms. The van der Waals surface area contributed by atoms with Gasteiger partial charge in [0.1, 0.15) is 23.6 Å². The Hall–Kier alpha value is -4.73. The van der Waals surface area contributed by atoms with Crippen LogP contribution >= 0.6 is 0 Å². The highest BCUT2D eigenvalue weighted by Crippen LogP contribution is 2.31. The fraction of sp³-hybridized carbons (Fsp3) is 0.333. The van der Waals surface area contributed by atoms with E-state index in [1.807, 2.05) is 31.2 Å². The third kappa shape index (κ3) is 7.38. The number of pyridine rings is 1. The van der Waals surface area contributed by atoms with Gasteiger partial charge < -0.3 is 24.8 Å². The summed E-state index contributed by atoms with van der Waals surface area (Å²) in [5.41, 5.74) is 0.453. The number of carboxylic acid groups (broad SMARTS) is 1. The van der Waals surface area contributed by atoms with Crippen molar-refractivity contribution in [3.05, 3.63) is 84.4 Å². The minimum atomic E-state index is -0.982. The molecule has 1 aliphatic heterocycles. The van der Waals surface area contributed by atoms with Crippen molar-refractivity contribution in [2.24, 2.45) is 5.41 Å². The van der Waals surface area contributed by atoms with Crippen LogP contribution in [-0.2, 0) is 11.2 Å². The van der Waals surface area contributed by atoms with Gasteiger partial charge in [-0.05, 0) is 82.0 Å². The molecule has 0 saturated carbocycles. The summed E-state index contributed by atoms with van der Waals surface area (Å²) in [6, 6.07) is 17.6. The maximum atomic E-state index is 14.9. The molecular formula is C33H36FN5O4. The lowest BCUT2D eigenvalue weighted by Crippen LogP contribution is -2.41. The molecule has 224 valence electrons. The first-order valence-corrected chi connectivity index (χ1v) is 14.4. The van der Waals surface area contributed by atoms with Gasteiger partial charge in [0.05, 0.1) is 36.7 Å². The zero-order chi connectivity index (χ0) is 30.4. The molecule has 3 heterocycles. The number of nitrogens with zero attached hydrogens (tertiary/aromatic N) is 4. The predicted octanol–water partition coefficient (Wildman–Crippen LogP) is 6.52. The van der Waals surface area contributed by atoms with Crippen LogP contribution in [-0.4, -0.2) is 51.8 Å². The lowest BCUT2D eigenvalue weighted by atomic mass is 9.85. The van der Waals surface area contributed by atoms with Crippen molar-refractivity contribution < 1.29 is 23.8 Å². The van der Waals surface area contributed by atoms with Crippen LogP contribution in [0.4, 0.5) is 21.8 Å². The maximum Gasteiger partial charge on any atom is 0.309 e. The van der Waals surface area contributed by atoms with Gasteiger partial charge in [-0.3, -0.25) is 9.78 Å². The Morgan fingerprint density at radius 3 is 2.67 bits per heavy atom. The molecule has 0 spiro atoms. The molecule has 0 radical (unpaired) electrons. The number of nitrogens with one attached hydrogen (secondary N) is 1. The SMILES string of the molecule is CCOc1ccccc1OC1CCCN(c2cncc(Nc3cccc(-c4cc(CC(C)(C)C(=O)O)ccc4F)n3)n2)C1. The summed E-state index contributed by atoms with van der Waals surface area (Å²) < 4.78 is 26.9. The van der Waals surface area contributed by atoms with Crippen LogP contribution < -0.4 is 19.7 Å². The molecule has 4 aromatic rings. The summed E-state index contributed by atoms with van der Waals surface area (Å²) in [7, 11) is 0. The van der Waals surface area contributed by atoms with Crippen molar-refractivity contribution in [3.8, 4) is 22.8 Å². The van der Waals surface area contributed by atoms with Crippen molar-refractivity contribution in [2.45, 2.75) is 46.1 Å². The lowest BCUT2D eigenvalue weighted by molar-refractivity contribution is -0.146. The average Bonchev–Trinajstić information content (AvgIpc) is 2.99. The van der Waals surface area contributed by atoms with Gasteiger partial charge in [-0.15, -0.1) is 0 Å². The van der Waals surface area contributed by atoms with Crippen LogP contribution in [0.25, 0.3) is 11.3 Å². The summed E-state index contributed by atoms with van der Waals surface area (Å²) in [6.45, 7) is 7.29. The topological polar surface area (TPSA) is 110 Å². The second-order valence-electron chi connectivity index (χ2n) is 11.2. The first kappa shape index (κ1) is 29.8. The third-order valence-electron chi connectivity index (χ3n) is 7.30. The first-order chi connectivity index (χ1) is 20.7. The minimum Gasteiger partial charge on any atom is -0.490 e. The van der Waals surface area contributed by atoms with Gasteiger partial charge >= 0.3 is 5.97 Å². The van der Waals surface area contributed by atoms with E-state index < -0.39 is 17.2 Å². The molecule has 1 saturated heterocycles. The number of aromatic nitrogens is 3. The number of hydrogen-bond acceptors (Lipinski definition) is 8. The zero-order valence-electron chi connectivity index (χ0n) is 24.6. The number of rotatable bonds is 11. The van der Waals surface area contributed by atoms with Crippen molar-refractivity contribution >= 4 is 23.4 Å². The zero-order valence-corrected chi connectivity index (χ0v) is 24.6. The van der Waals surface area contributed by atoms with Crippen LogP contribution in [0.5, 0.6) is 11.5 Å². The van der Waals surface area contributed by atoms with Crippen molar-refractivity contribution in [2.75, 3.05) is 29.9 Å². The molecule has 1 atom stereocenters. The predicted molar refractivity (Wildman–Crippen MR) is 164 cm³/mol.